The number of aromatic carboxylic acids is 1. The number of nitrogens with one attached hydrogen (secondary N) is 1. The number of carboxylic acids is 1. The van der Waals surface area contributed by atoms with E-state index < -0.39 is 5.97 Å². The van der Waals surface area contributed by atoms with E-state index in [0.717, 1.165) is 16.1 Å². The average Bonchev–Trinajstić information content (AvgIpc) is 3.23. The SMILES string of the molecule is O=C(O)c1ccc2c(c1)[C@@H]1[C@H]3CC[C@@H](C3)[C@@H]1[C@H](c1ccc(Br)cc1)N2. The maximum Gasteiger partial charge on any atom is 0.335 e. The fourth-order valence-corrected chi connectivity index (χ4v) is 5.88. The summed E-state index contributed by atoms with van der Waals surface area (Å²) in [6.45, 7) is 0. The van der Waals surface area contributed by atoms with E-state index in [1.54, 1.807) is 6.07 Å². The Morgan fingerprint density at radius 2 is 1.84 bits per heavy atom. The minimum atomic E-state index is -0.836. The van der Waals surface area contributed by atoms with Gasteiger partial charge in [-0.3, -0.25) is 0 Å². The van der Waals surface area contributed by atoms with Crippen molar-refractivity contribution >= 4 is 27.6 Å². The lowest BCUT2D eigenvalue weighted by Gasteiger charge is -2.43. The van der Waals surface area contributed by atoms with Crippen molar-refractivity contribution in [2.45, 2.75) is 31.2 Å². The van der Waals surface area contributed by atoms with Gasteiger partial charge < -0.3 is 10.4 Å². The van der Waals surface area contributed by atoms with Crippen molar-refractivity contribution in [3.63, 3.8) is 0 Å². The van der Waals surface area contributed by atoms with Gasteiger partial charge in [-0.2, -0.15) is 0 Å². The minimum Gasteiger partial charge on any atom is -0.478 e. The molecule has 2 aromatic rings. The second kappa shape index (κ2) is 5.60. The van der Waals surface area contributed by atoms with Crippen LogP contribution in [0.15, 0.2) is 46.9 Å². The quantitative estimate of drug-likeness (QED) is 0.708. The van der Waals surface area contributed by atoms with Crippen molar-refractivity contribution in [2.24, 2.45) is 17.8 Å². The molecule has 5 atom stereocenters. The predicted molar refractivity (Wildman–Crippen MR) is 101 cm³/mol. The monoisotopic (exact) mass is 397 g/mol. The first-order valence-electron chi connectivity index (χ1n) is 9.01. The Hall–Kier alpha value is -1.81. The summed E-state index contributed by atoms with van der Waals surface area (Å²) in [5.41, 5.74) is 4.08. The van der Waals surface area contributed by atoms with Crippen molar-refractivity contribution in [1.82, 2.24) is 0 Å². The van der Waals surface area contributed by atoms with E-state index in [0.29, 0.717) is 29.4 Å². The van der Waals surface area contributed by atoms with Gasteiger partial charge in [-0.05, 0) is 84.4 Å². The maximum absolute atomic E-state index is 11.4. The van der Waals surface area contributed by atoms with Crippen LogP contribution in [-0.2, 0) is 0 Å². The van der Waals surface area contributed by atoms with Gasteiger partial charge in [0.1, 0.15) is 0 Å². The van der Waals surface area contributed by atoms with Gasteiger partial charge in [0.15, 0.2) is 0 Å². The van der Waals surface area contributed by atoms with Gasteiger partial charge in [0.2, 0.25) is 0 Å². The van der Waals surface area contributed by atoms with Crippen LogP contribution in [0.2, 0.25) is 0 Å². The highest BCUT2D eigenvalue weighted by molar-refractivity contribution is 9.10. The third kappa shape index (κ3) is 2.34. The van der Waals surface area contributed by atoms with Crippen molar-refractivity contribution in [2.75, 3.05) is 5.32 Å². The van der Waals surface area contributed by atoms with Crippen molar-refractivity contribution in [3.8, 4) is 0 Å². The Bertz CT molecular complexity index is 847. The third-order valence-electron chi connectivity index (χ3n) is 6.56. The van der Waals surface area contributed by atoms with Gasteiger partial charge in [-0.15, -0.1) is 0 Å². The first kappa shape index (κ1) is 15.4. The molecule has 1 aliphatic heterocycles. The third-order valence-corrected chi connectivity index (χ3v) is 7.09. The number of hydrogen-bond donors (Lipinski definition) is 2. The molecule has 4 heteroatoms. The first-order valence-corrected chi connectivity index (χ1v) is 9.80. The molecule has 3 aliphatic rings. The fourth-order valence-electron chi connectivity index (χ4n) is 5.62. The van der Waals surface area contributed by atoms with Gasteiger partial charge in [0, 0.05) is 10.2 Å². The number of anilines is 1. The molecule has 0 amide bonds. The number of halogens is 1. The molecule has 5 rings (SSSR count). The van der Waals surface area contributed by atoms with E-state index in [4.69, 9.17) is 0 Å². The molecule has 2 fully saturated rings. The summed E-state index contributed by atoms with van der Waals surface area (Å²) in [4.78, 5) is 11.4. The van der Waals surface area contributed by atoms with Crippen LogP contribution in [0.3, 0.4) is 0 Å². The van der Waals surface area contributed by atoms with Crippen LogP contribution in [-0.4, -0.2) is 11.1 Å². The highest BCUT2D eigenvalue weighted by Crippen LogP contribution is 2.63. The number of carboxylic acid groups (broad SMARTS) is 1. The zero-order chi connectivity index (χ0) is 17.1. The molecular formula is C21H20BrNO2. The lowest BCUT2D eigenvalue weighted by atomic mass is 9.68. The van der Waals surface area contributed by atoms with Crippen LogP contribution in [0, 0.1) is 17.8 Å². The summed E-state index contributed by atoms with van der Waals surface area (Å²) < 4.78 is 1.10. The molecule has 1 heterocycles. The molecule has 0 radical (unpaired) electrons. The number of benzene rings is 2. The lowest BCUT2D eigenvalue weighted by molar-refractivity contribution is 0.0696. The molecule has 25 heavy (non-hydrogen) atoms. The first-order chi connectivity index (χ1) is 12.1. The Kier molecular flexibility index (Phi) is 3.46. The number of hydrogen-bond acceptors (Lipinski definition) is 2. The Labute approximate surface area is 155 Å². The molecule has 2 saturated carbocycles. The van der Waals surface area contributed by atoms with Gasteiger partial charge in [-0.1, -0.05) is 28.1 Å². The zero-order valence-corrected chi connectivity index (χ0v) is 15.4. The summed E-state index contributed by atoms with van der Waals surface area (Å²) in [7, 11) is 0. The second-order valence-corrected chi connectivity index (χ2v) is 8.63. The summed E-state index contributed by atoms with van der Waals surface area (Å²) in [5.74, 6) is 1.67. The van der Waals surface area contributed by atoms with E-state index >= 15 is 0 Å². The molecule has 0 unspecified atom stereocenters. The van der Waals surface area contributed by atoms with Gasteiger partial charge in [0.25, 0.3) is 0 Å². The van der Waals surface area contributed by atoms with Gasteiger partial charge in [0.05, 0.1) is 11.6 Å². The van der Waals surface area contributed by atoms with Crippen LogP contribution in [0.5, 0.6) is 0 Å². The van der Waals surface area contributed by atoms with Crippen molar-refractivity contribution < 1.29 is 9.90 Å². The molecule has 0 aromatic heterocycles. The Balaban J connectivity index is 1.62. The molecule has 3 nitrogen and oxygen atoms in total. The van der Waals surface area contributed by atoms with Crippen LogP contribution >= 0.6 is 15.9 Å². The number of fused-ring (bicyclic) bond motifs is 7. The molecule has 0 spiro atoms. The zero-order valence-electron chi connectivity index (χ0n) is 13.8. The Morgan fingerprint density at radius 1 is 1.08 bits per heavy atom. The second-order valence-electron chi connectivity index (χ2n) is 7.72. The normalized spacial score (nSPS) is 32.0. The van der Waals surface area contributed by atoms with Crippen LogP contribution in [0.25, 0.3) is 0 Å². The summed E-state index contributed by atoms with van der Waals surface area (Å²) >= 11 is 3.53. The summed E-state index contributed by atoms with van der Waals surface area (Å²) in [6, 6.07) is 14.6. The molecule has 2 aromatic carbocycles. The van der Waals surface area contributed by atoms with E-state index in [9.17, 15) is 9.90 Å². The van der Waals surface area contributed by atoms with Gasteiger partial charge >= 0.3 is 5.97 Å². The number of rotatable bonds is 2. The topological polar surface area (TPSA) is 49.3 Å². The predicted octanol–water partition coefficient (Wildman–Crippen LogP) is 5.44. The summed E-state index contributed by atoms with van der Waals surface area (Å²) in [5, 5.41) is 13.1. The van der Waals surface area contributed by atoms with E-state index in [1.807, 2.05) is 12.1 Å². The van der Waals surface area contributed by atoms with Crippen LogP contribution in [0.1, 0.15) is 52.7 Å². The minimum absolute atomic E-state index is 0.316. The Morgan fingerprint density at radius 3 is 2.60 bits per heavy atom. The molecule has 2 aliphatic carbocycles. The molecule has 128 valence electrons. The number of carbonyl (C=O) groups is 1. The lowest BCUT2D eigenvalue weighted by Crippen LogP contribution is -2.35. The molecular weight excluding hydrogens is 378 g/mol. The van der Waals surface area contributed by atoms with Crippen molar-refractivity contribution in [3.05, 3.63) is 63.6 Å². The smallest absolute Gasteiger partial charge is 0.335 e. The van der Waals surface area contributed by atoms with Crippen LogP contribution < -0.4 is 5.32 Å². The van der Waals surface area contributed by atoms with E-state index in [-0.39, 0.29) is 0 Å². The van der Waals surface area contributed by atoms with Crippen molar-refractivity contribution in [1.29, 1.82) is 0 Å². The van der Waals surface area contributed by atoms with E-state index in [2.05, 4.69) is 45.5 Å². The molecule has 2 N–H and O–H groups in total. The highest BCUT2D eigenvalue weighted by Gasteiger charge is 2.53. The maximum atomic E-state index is 11.4. The van der Waals surface area contributed by atoms with Gasteiger partial charge in [-0.25, -0.2) is 4.79 Å². The fraction of sp³-hybridized carbons (Fsp3) is 0.381. The largest absolute Gasteiger partial charge is 0.478 e. The highest BCUT2D eigenvalue weighted by atomic mass is 79.9. The van der Waals surface area contributed by atoms with E-state index in [1.165, 1.54) is 30.4 Å². The average molecular weight is 398 g/mol. The summed E-state index contributed by atoms with van der Waals surface area (Å²) in [6.07, 6.45) is 3.89. The molecule has 2 bridgehead atoms. The standard InChI is InChI=1S/C21H20BrNO2/c22-15-6-3-11(4-7-15)20-19-13-2-1-12(9-13)18(19)16-10-14(21(24)25)5-8-17(16)23-20/h3-8,10,12-13,18-20,23H,1-2,9H2,(H,24,25)/t12-,13-,18-,19-,20-/m0/s1. The molecule has 0 saturated heterocycles. The van der Waals surface area contributed by atoms with Crippen LogP contribution in [0.4, 0.5) is 5.69 Å².